The van der Waals surface area contributed by atoms with E-state index in [-0.39, 0.29) is 0 Å². The number of methoxy groups -OCH3 is 1. The average Bonchev–Trinajstić information content (AvgIpc) is 2.45. The number of nitrogens with one attached hydrogen (secondary N) is 1. The molecule has 0 aliphatic carbocycles. The second kappa shape index (κ2) is 12.6. The summed E-state index contributed by atoms with van der Waals surface area (Å²) >= 11 is 0. The van der Waals surface area contributed by atoms with E-state index >= 15 is 0 Å². The van der Waals surface area contributed by atoms with Gasteiger partial charge in [0.15, 0.2) is 0 Å². The fraction of sp³-hybridized carbons (Fsp3) is 1.00. The molecule has 0 rings (SSSR count). The Bertz CT molecular complexity index is 209. The van der Waals surface area contributed by atoms with E-state index in [2.05, 4.69) is 33.0 Å². The van der Waals surface area contributed by atoms with Gasteiger partial charge in [-0.1, -0.05) is 40.5 Å². The van der Waals surface area contributed by atoms with E-state index in [9.17, 15) is 0 Å². The highest BCUT2D eigenvalue weighted by Gasteiger charge is 2.27. The van der Waals surface area contributed by atoms with Crippen LogP contribution in [0.25, 0.3) is 0 Å². The largest absolute Gasteiger partial charge is 0.385 e. The number of unbranched alkanes of at least 4 members (excludes halogenated alkanes) is 1. The molecule has 0 aromatic carbocycles. The summed E-state index contributed by atoms with van der Waals surface area (Å²) in [7, 11) is 1.74. The van der Waals surface area contributed by atoms with Crippen LogP contribution in [0.2, 0.25) is 0 Å². The van der Waals surface area contributed by atoms with E-state index in [1.807, 2.05) is 0 Å². The molecule has 0 saturated carbocycles. The van der Waals surface area contributed by atoms with E-state index in [1.54, 1.807) is 7.11 Å². The minimum absolute atomic E-state index is 0.404. The molecule has 0 saturated heterocycles. The Kier molecular flexibility index (Phi) is 12.5. The van der Waals surface area contributed by atoms with Gasteiger partial charge in [0.1, 0.15) is 0 Å². The van der Waals surface area contributed by atoms with Gasteiger partial charge >= 0.3 is 0 Å². The Morgan fingerprint density at radius 1 is 1.00 bits per heavy atom. The lowest BCUT2D eigenvalue weighted by Gasteiger charge is -2.34. The summed E-state index contributed by atoms with van der Waals surface area (Å²) in [4.78, 5) is 0. The van der Waals surface area contributed by atoms with Gasteiger partial charge < -0.3 is 14.8 Å². The Balaban J connectivity index is 4.13. The summed E-state index contributed by atoms with van der Waals surface area (Å²) < 4.78 is 10.8. The predicted molar refractivity (Wildman–Crippen MR) is 87.3 cm³/mol. The van der Waals surface area contributed by atoms with Crippen LogP contribution >= 0.6 is 0 Å². The molecule has 0 radical (unpaired) electrons. The SMILES string of the molecule is CCCCC(CC)(CCOCCCOC)CNC(C)C. The molecule has 0 fully saturated rings. The second-order valence-corrected chi connectivity index (χ2v) is 6.20. The van der Waals surface area contributed by atoms with E-state index in [0.29, 0.717) is 11.5 Å². The lowest BCUT2D eigenvalue weighted by molar-refractivity contribution is 0.0693. The van der Waals surface area contributed by atoms with Gasteiger partial charge in [-0.05, 0) is 31.1 Å². The van der Waals surface area contributed by atoms with Gasteiger partial charge in [0.05, 0.1) is 0 Å². The quantitative estimate of drug-likeness (QED) is 0.490. The van der Waals surface area contributed by atoms with Crippen molar-refractivity contribution in [2.75, 3.05) is 33.5 Å². The van der Waals surface area contributed by atoms with Crippen molar-refractivity contribution < 1.29 is 9.47 Å². The van der Waals surface area contributed by atoms with Crippen LogP contribution < -0.4 is 5.32 Å². The first-order valence-electron chi connectivity index (χ1n) is 8.40. The molecule has 0 aliphatic heterocycles. The van der Waals surface area contributed by atoms with Gasteiger partial charge in [-0.25, -0.2) is 0 Å². The molecule has 20 heavy (non-hydrogen) atoms. The maximum Gasteiger partial charge on any atom is 0.0487 e. The Morgan fingerprint density at radius 3 is 2.30 bits per heavy atom. The zero-order valence-electron chi connectivity index (χ0n) is 14.5. The van der Waals surface area contributed by atoms with E-state index in [0.717, 1.165) is 39.2 Å². The lowest BCUT2D eigenvalue weighted by atomic mass is 9.77. The summed E-state index contributed by atoms with van der Waals surface area (Å²) in [6, 6.07) is 0.560. The molecule has 3 nitrogen and oxygen atoms in total. The summed E-state index contributed by atoms with van der Waals surface area (Å²) in [5, 5.41) is 3.63. The maximum absolute atomic E-state index is 5.77. The van der Waals surface area contributed by atoms with Crippen LogP contribution in [-0.2, 0) is 9.47 Å². The summed E-state index contributed by atoms with van der Waals surface area (Å²) in [6.07, 6.45) is 7.29. The van der Waals surface area contributed by atoms with E-state index in [4.69, 9.17) is 9.47 Å². The third-order valence-electron chi connectivity index (χ3n) is 4.11. The van der Waals surface area contributed by atoms with Gasteiger partial charge in [0.2, 0.25) is 0 Å². The van der Waals surface area contributed by atoms with Crippen LogP contribution in [0.3, 0.4) is 0 Å². The van der Waals surface area contributed by atoms with Crippen LogP contribution in [0.4, 0.5) is 0 Å². The first-order valence-corrected chi connectivity index (χ1v) is 8.40. The Morgan fingerprint density at radius 2 is 1.75 bits per heavy atom. The zero-order chi connectivity index (χ0) is 15.3. The van der Waals surface area contributed by atoms with E-state index < -0.39 is 0 Å². The molecular formula is C17H37NO2. The van der Waals surface area contributed by atoms with Crippen molar-refractivity contribution >= 4 is 0 Å². The molecule has 0 amide bonds. The summed E-state index contributed by atoms with van der Waals surface area (Å²) in [5.74, 6) is 0. The van der Waals surface area contributed by atoms with Gasteiger partial charge in [-0.15, -0.1) is 0 Å². The molecule has 1 atom stereocenters. The average molecular weight is 287 g/mol. The normalized spacial score (nSPS) is 14.7. The monoisotopic (exact) mass is 287 g/mol. The van der Waals surface area contributed by atoms with Gasteiger partial charge in [0.25, 0.3) is 0 Å². The molecule has 0 aromatic rings. The van der Waals surface area contributed by atoms with Crippen molar-refractivity contribution in [3.8, 4) is 0 Å². The van der Waals surface area contributed by atoms with Crippen LogP contribution in [0.15, 0.2) is 0 Å². The summed E-state index contributed by atoms with van der Waals surface area (Å²) in [5.41, 5.74) is 0.404. The molecular weight excluding hydrogens is 250 g/mol. The molecule has 0 spiro atoms. The highest BCUT2D eigenvalue weighted by atomic mass is 16.5. The Hall–Kier alpha value is -0.120. The van der Waals surface area contributed by atoms with Gasteiger partial charge in [-0.2, -0.15) is 0 Å². The Labute approximate surface area is 126 Å². The second-order valence-electron chi connectivity index (χ2n) is 6.20. The third kappa shape index (κ3) is 9.73. The molecule has 0 aromatic heterocycles. The molecule has 0 aliphatic rings. The van der Waals surface area contributed by atoms with Crippen LogP contribution in [0.5, 0.6) is 0 Å². The molecule has 0 heterocycles. The highest BCUT2D eigenvalue weighted by molar-refractivity contribution is 4.81. The molecule has 0 bridgehead atoms. The lowest BCUT2D eigenvalue weighted by Crippen LogP contribution is -2.38. The summed E-state index contributed by atoms with van der Waals surface area (Å²) in [6.45, 7) is 12.6. The van der Waals surface area contributed by atoms with Crippen molar-refractivity contribution in [1.82, 2.24) is 5.32 Å². The van der Waals surface area contributed by atoms with E-state index in [1.165, 1.54) is 25.7 Å². The number of ether oxygens (including phenoxy) is 2. The predicted octanol–water partition coefficient (Wildman–Crippen LogP) is 4.01. The van der Waals surface area contributed by atoms with Crippen molar-refractivity contribution in [3.05, 3.63) is 0 Å². The minimum atomic E-state index is 0.404. The first-order chi connectivity index (χ1) is 9.60. The maximum atomic E-state index is 5.77. The van der Waals surface area contributed by atoms with Crippen molar-refractivity contribution in [2.45, 2.75) is 72.3 Å². The standard InChI is InChI=1S/C17H37NO2/c1-6-8-10-17(7-2,15-18-16(3)4)11-14-20-13-9-12-19-5/h16,18H,6-15H2,1-5H3. The topological polar surface area (TPSA) is 30.5 Å². The number of rotatable bonds is 14. The highest BCUT2D eigenvalue weighted by Crippen LogP contribution is 2.32. The van der Waals surface area contributed by atoms with Crippen LogP contribution in [-0.4, -0.2) is 39.5 Å². The smallest absolute Gasteiger partial charge is 0.0487 e. The molecule has 1 unspecified atom stereocenters. The number of hydrogen-bond donors (Lipinski definition) is 1. The first kappa shape index (κ1) is 19.9. The fourth-order valence-electron chi connectivity index (χ4n) is 2.45. The third-order valence-corrected chi connectivity index (χ3v) is 4.11. The van der Waals surface area contributed by atoms with Crippen molar-refractivity contribution in [1.29, 1.82) is 0 Å². The van der Waals surface area contributed by atoms with Crippen molar-refractivity contribution in [2.24, 2.45) is 5.41 Å². The van der Waals surface area contributed by atoms with Crippen molar-refractivity contribution in [3.63, 3.8) is 0 Å². The minimum Gasteiger partial charge on any atom is -0.385 e. The van der Waals surface area contributed by atoms with Gasteiger partial charge in [-0.3, -0.25) is 0 Å². The van der Waals surface area contributed by atoms with Crippen LogP contribution in [0, 0.1) is 5.41 Å². The fourth-order valence-corrected chi connectivity index (χ4v) is 2.45. The molecule has 122 valence electrons. The zero-order valence-corrected chi connectivity index (χ0v) is 14.5. The van der Waals surface area contributed by atoms with Gasteiger partial charge in [0, 0.05) is 39.5 Å². The number of hydrogen-bond acceptors (Lipinski definition) is 3. The molecule has 1 N–H and O–H groups in total. The van der Waals surface area contributed by atoms with Crippen LogP contribution in [0.1, 0.15) is 66.2 Å². The molecule has 3 heteroatoms.